The van der Waals surface area contributed by atoms with Gasteiger partial charge in [0, 0.05) is 0 Å². The molecule has 0 aliphatic heterocycles. The maximum Gasteiger partial charge on any atom is 0.307 e. The third-order valence-corrected chi connectivity index (χ3v) is 2.06. The van der Waals surface area contributed by atoms with Crippen molar-refractivity contribution in [2.45, 2.75) is 0 Å². The molecule has 0 spiro atoms. The predicted molar refractivity (Wildman–Crippen MR) is 54.5 cm³/mol. The average molecular weight is 205 g/mol. The van der Waals surface area contributed by atoms with Gasteiger partial charge < -0.3 is 10.8 Å². The largest absolute Gasteiger partial charge is 0.492 e. The number of rotatable bonds is 1. The Labute approximate surface area is 84.1 Å². The minimum Gasteiger partial charge on any atom is -0.492 e. The highest BCUT2D eigenvalue weighted by molar-refractivity contribution is 5.94. The minimum absolute atomic E-state index is 0.307. The fourth-order valence-corrected chi connectivity index (χ4v) is 1.39. The molecule has 2 aromatic rings. The van der Waals surface area contributed by atoms with Crippen molar-refractivity contribution in [2.24, 2.45) is 0 Å². The third kappa shape index (κ3) is 1.32. The Morgan fingerprint density at radius 1 is 1.40 bits per heavy atom. The van der Waals surface area contributed by atoms with E-state index in [0.717, 1.165) is 0 Å². The molecule has 1 heterocycles. The molecule has 0 unspecified atom stereocenters. The maximum atomic E-state index is 10.8. The minimum atomic E-state index is -0.626. The van der Waals surface area contributed by atoms with E-state index in [1.807, 2.05) is 0 Å². The second kappa shape index (κ2) is 3.09. The molecule has 0 saturated carbocycles. The van der Waals surface area contributed by atoms with Crippen molar-refractivity contribution >= 4 is 22.3 Å². The third-order valence-electron chi connectivity index (χ3n) is 2.06. The molecule has 6 heteroatoms. The highest BCUT2D eigenvalue weighted by Gasteiger charge is 2.21. The van der Waals surface area contributed by atoms with Crippen molar-refractivity contribution in [3.8, 4) is 5.88 Å². The number of nitrogen functional groups attached to an aromatic ring is 1. The van der Waals surface area contributed by atoms with Gasteiger partial charge in [0.2, 0.25) is 5.88 Å². The van der Waals surface area contributed by atoms with Gasteiger partial charge in [0.15, 0.2) is 5.69 Å². The first kappa shape index (κ1) is 9.20. The Bertz CT molecular complexity index is 554. The van der Waals surface area contributed by atoms with Crippen LogP contribution < -0.4 is 5.73 Å². The van der Waals surface area contributed by atoms with E-state index in [4.69, 9.17) is 5.73 Å². The van der Waals surface area contributed by atoms with E-state index in [0.29, 0.717) is 10.9 Å². The molecule has 15 heavy (non-hydrogen) atoms. The summed E-state index contributed by atoms with van der Waals surface area (Å²) in [5.41, 5.74) is 5.12. The second-order valence-corrected chi connectivity index (χ2v) is 2.97. The van der Waals surface area contributed by atoms with Crippen LogP contribution in [0.5, 0.6) is 5.88 Å². The number of benzene rings is 1. The van der Waals surface area contributed by atoms with Crippen molar-refractivity contribution in [1.82, 2.24) is 4.98 Å². The molecule has 0 radical (unpaired) electrons. The zero-order chi connectivity index (χ0) is 11.0. The van der Waals surface area contributed by atoms with Gasteiger partial charge in [-0.3, -0.25) is 10.1 Å². The van der Waals surface area contributed by atoms with Crippen LogP contribution in [0.25, 0.3) is 10.9 Å². The number of aromatic nitrogens is 1. The van der Waals surface area contributed by atoms with E-state index in [9.17, 15) is 15.2 Å². The van der Waals surface area contributed by atoms with Crippen LogP contribution in [0.3, 0.4) is 0 Å². The van der Waals surface area contributed by atoms with Gasteiger partial charge in [-0.15, -0.1) is 0 Å². The number of hydrogen-bond acceptors (Lipinski definition) is 5. The highest BCUT2D eigenvalue weighted by Crippen LogP contribution is 2.35. The molecule has 0 atom stereocenters. The maximum absolute atomic E-state index is 10.8. The summed E-state index contributed by atoms with van der Waals surface area (Å²) in [6.45, 7) is 0. The smallest absolute Gasteiger partial charge is 0.307 e. The molecule has 0 aliphatic rings. The Morgan fingerprint density at radius 3 is 2.73 bits per heavy atom. The molecule has 3 N–H and O–H groups in total. The molecule has 6 nitrogen and oxygen atoms in total. The van der Waals surface area contributed by atoms with Crippen LogP contribution >= 0.6 is 0 Å². The van der Waals surface area contributed by atoms with Crippen molar-refractivity contribution < 1.29 is 10.0 Å². The van der Waals surface area contributed by atoms with Crippen molar-refractivity contribution in [3.05, 3.63) is 34.4 Å². The van der Waals surface area contributed by atoms with Crippen LogP contribution in [0.1, 0.15) is 0 Å². The van der Waals surface area contributed by atoms with E-state index in [1.54, 1.807) is 18.2 Å². The fourth-order valence-electron chi connectivity index (χ4n) is 1.39. The lowest BCUT2D eigenvalue weighted by atomic mass is 10.1. The number of hydrogen-bond donors (Lipinski definition) is 2. The first-order chi connectivity index (χ1) is 7.11. The number of nitro groups is 1. The lowest BCUT2D eigenvalue weighted by Gasteiger charge is -2.03. The number of nitrogens with two attached hydrogens (primary N) is 1. The van der Waals surface area contributed by atoms with Gasteiger partial charge in [-0.05, 0) is 12.1 Å². The molecule has 0 saturated heterocycles. The Kier molecular flexibility index (Phi) is 1.89. The summed E-state index contributed by atoms with van der Waals surface area (Å²) in [7, 11) is 0. The van der Waals surface area contributed by atoms with E-state index in [1.165, 1.54) is 6.07 Å². The number of aromatic hydroxyl groups is 1. The lowest BCUT2D eigenvalue weighted by Crippen LogP contribution is -1.98. The zero-order valence-corrected chi connectivity index (χ0v) is 7.54. The molecule has 0 aliphatic carbocycles. The van der Waals surface area contributed by atoms with Gasteiger partial charge in [-0.2, -0.15) is 0 Å². The zero-order valence-electron chi connectivity index (χ0n) is 7.54. The normalized spacial score (nSPS) is 10.4. The van der Waals surface area contributed by atoms with Crippen molar-refractivity contribution in [1.29, 1.82) is 0 Å². The van der Waals surface area contributed by atoms with E-state index >= 15 is 0 Å². The van der Waals surface area contributed by atoms with Crippen LogP contribution in [-0.2, 0) is 0 Å². The quantitative estimate of drug-likeness (QED) is 0.541. The molecule has 0 fully saturated rings. The SMILES string of the molecule is Nc1c(O)nc2ccccc2c1[N+](=O)[O-]. The Hall–Kier alpha value is -2.37. The molecular weight excluding hydrogens is 198 g/mol. The number of nitrogens with zero attached hydrogens (tertiary/aromatic N) is 2. The Morgan fingerprint density at radius 2 is 2.07 bits per heavy atom. The van der Waals surface area contributed by atoms with Gasteiger partial charge in [0.1, 0.15) is 0 Å². The first-order valence-electron chi connectivity index (χ1n) is 4.13. The van der Waals surface area contributed by atoms with Crippen LogP contribution in [-0.4, -0.2) is 15.0 Å². The predicted octanol–water partition coefficient (Wildman–Crippen LogP) is 1.43. The summed E-state index contributed by atoms with van der Waals surface area (Å²) in [6, 6.07) is 6.43. The average Bonchev–Trinajstić information content (AvgIpc) is 2.19. The highest BCUT2D eigenvalue weighted by atomic mass is 16.6. The lowest BCUT2D eigenvalue weighted by molar-refractivity contribution is -0.382. The Balaban J connectivity index is 2.95. The summed E-state index contributed by atoms with van der Waals surface area (Å²) in [6.07, 6.45) is 0. The topological polar surface area (TPSA) is 102 Å². The summed E-state index contributed by atoms with van der Waals surface area (Å²) in [5, 5.41) is 20.4. The molecular formula is C9H7N3O3. The monoisotopic (exact) mass is 205 g/mol. The fraction of sp³-hybridized carbons (Fsp3) is 0. The van der Waals surface area contributed by atoms with Crippen LogP contribution in [0, 0.1) is 10.1 Å². The van der Waals surface area contributed by atoms with Gasteiger partial charge >= 0.3 is 5.69 Å². The van der Waals surface area contributed by atoms with Crippen LogP contribution in [0.2, 0.25) is 0 Å². The molecule has 1 aromatic heterocycles. The molecule has 2 rings (SSSR count). The summed E-state index contributed by atoms with van der Waals surface area (Å²) < 4.78 is 0. The van der Waals surface area contributed by atoms with E-state index in [2.05, 4.69) is 4.98 Å². The molecule has 1 aromatic carbocycles. The van der Waals surface area contributed by atoms with E-state index in [-0.39, 0.29) is 11.4 Å². The van der Waals surface area contributed by atoms with Gasteiger partial charge in [-0.1, -0.05) is 12.1 Å². The first-order valence-corrected chi connectivity index (χ1v) is 4.13. The van der Waals surface area contributed by atoms with Gasteiger partial charge in [-0.25, -0.2) is 4.98 Å². The van der Waals surface area contributed by atoms with Crippen LogP contribution in [0.15, 0.2) is 24.3 Å². The van der Waals surface area contributed by atoms with Gasteiger partial charge in [0.05, 0.1) is 15.8 Å². The standard InChI is InChI=1S/C9H7N3O3/c10-7-8(12(14)15)5-3-1-2-4-6(5)11-9(7)13/h1-4H,10H2,(H,11,13). The van der Waals surface area contributed by atoms with Crippen molar-refractivity contribution in [2.75, 3.05) is 5.73 Å². The molecule has 0 bridgehead atoms. The molecule has 76 valence electrons. The molecule has 0 amide bonds. The number of anilines is 1. The summed E-state index contributed by atoms with van der Waals surface area (Å²) in [4.78, 5) is 13.9. The summed E-state index contributed by atoms with van der Waals surface area (Å²) >= 11 is 0. The number of pyridine rings is 1. The second-order valence-electron chi connectivity index (χ2n) is 2.97. The number of para-hydroxylation sites is 1. The van der Waals surface area contributed by atoms with Gasteiger partial charge in [0.25, 0.3) is 0 Å². The van der Waals surface area contributed by atoms with Crippen molar-refractivity contribution in [3.63, 3.8) is 0 Å². The summed E-state index contributed by atoms with van der Waals surface area (Å²) in [5.74, 6) is -0.514. The van der Waals surface area contributed by atoms with E-state index < -0.39 is 10.8 Å². The number of fused-ring (bicyclic) bond motifs is 1. The van der Waals surface area contributed by atoms with Crippen LogP contribution in [0.4, 0.5) is 11.4 Å².